The number of carbonyl (C=O) groups excluding carboxylic acids is 2. The smallest absolute Gasteiger partial charge is 0.224 e. The summed E-state index contributed by atoms with van der Waals surface area (Å²) < 4.78 is 13.2. The van der Waals surface area contributed by atoms with Gasteiger partial charge in [-0.1, -0.05) is 12.1 Å². The molecule has 1 N–H and O–H groups in total. The van der Waals surface area contributed by atoms with Crippen molar-refractivity contribution >= 4 is 23.2 Å². The van der Waals surface area contributed by atoms with Crippen LogP contribution in [-0.4, -0.2) is 59.3 Å². The molecule has 1 aromatic heterocycles. The molecule has 1 aliphatic rings. The van der Waals surface area contributed by atoms with Gasteiger partial charge in [0.2, 0.25) is 11.8 Å². The lowest BCUT2D eigenvalue weighted by Crippen LogP contribution is -2.42. The summed E-state index contributed by atoms with van der Waals surface area (Å²) in [6.45, 7) is 1.06. The predicted molar refractivity (Wildman–Crippen MR) is 111 cm³/mol. The summed E-state index contributed by atoms with van der Waals surface area (Å²) in [5, 5.41) is 4.90. The Hall–Kier alpha value is -2.32. The summed E-state index contributed by atoms with van der Waals surface area (Å²) in [6.07, 6.45) is 2.49. The van der Waals surface area contributed by atoms with E-state index >= 15 is 0 Å². The standard InChI is InChI=1S/C21H27FN4O2S/c1-25(12-17-13-29-14-24-17)21(28)10-18-6-7-19(26(18)2)11-23-20(27)9-15-4-3-5-16(22)8-15/h3-5,8,13-14,18-19H,6-7,9-12H2,1-2H3,(H,23,27)/t18-,19+/m1/s1. The Kier molecular flexibility index (Phi) is 7.33. The number of nitrogens with one attached hydrogen (secondary N) is 1. The molecule has 0 radical (unpaired) electrons. The van der Waals surface area contributed by atoms with Crippen molar-refractivity contribution in [1.29, 1.82) is 0 Å². The first kappa shape index (κ1) is 21.4. The van der Waals surface area contributed by atoms with Crippen molar-refractivity contribution in [2.45, 2.75) is 44.3 Å². The van der Waals surface area contributed by atoms with E-state index in [1.165, 1.54) is 23.5 Å². The van der Waals surface area contributed by atoms with Crippen LogP contribution in [0, 0.1) is 5.82 Å². The molecule has 2 amide bonds. The van der Waals surface area contributed by atoms with Crippen LogP contribution in [0.5, 0.6) is 0 Å². The van der Waals surface area contributed by atoms with Crippen molar-refractivity contribution in [2.75, 3.05) is 20.6 Å². The summed E-state index contributed by atoms with van der Waals surface area (Å²) in [6, 6.07) is 6.47. The van der Waals surface area contributed by atoms with E-state index in [0.29, 0.717) is 25.1 Å². The number of benzene rings is 1. The van der Waals surface area contributed by atoms with Gasteiger partial charge in [0, 0.05) is 37.5 Å². The predicted octanol–water partition coefficient (Wildman–Crippen LogP) is 2.45. The van der Waals surface area contributed by atoms with E-state index in [-0.39, 0.29) is 36.1 Å². The minimum Gasteiger partial charge on any atom is -0.354 e. The molecule has 0 unspecified atom stereocenters. The monoisotopic (exact) mass is 418 g/mol. The molecule has 0 aliphatic carbocycles. The zero-order valence-electron chi connectivity index (χ0n) is 16.8. The maximum Gasteiger partial charge on any atom is 0.224 e. The van der Waals surface area contributed by atoms with Gasteiger partial charge >= 0.3 is 0 Å². The number of nitrogens with zero attached hydrogens (tertiary/aromatic N) is 3. The van der Waals surface area contributed by atoms with E-state index in [9.17, 15) is 14.0 Å². The van der Waals surface area contributed by atoms with Gasteiger partial charge in [-0.15, -0.1) is 11.3 Å². The van der Waals surface area contributed by atoms with Crippen LogP contribution < -0.4 is 5.32 Å². The Bertz CT molecular complexity index is 830. The number of hydrogen-bond acceptors (Lipinski definition) is 5. The molecule has 1 saturated heterocycles. The normalized spacial score (nSPS) is 19.3. The molecule has 1 aromatic carbocycles. The SMILES string of the molecule is CN(Cc1cscn1)C(=O)C[C@H]1CC[C@@H](CNC(=O)Cc2cccc(F)c2)N1C. The molecule has 8 heteroatoms. The van der Waals surface area contributed by atoms with Crippen LogP contribution >= 0.6 is 11.3 Å². The van der Waals surface area contributed by atoms with E-state index in [1.54, 1.807) is 29.6 Å². The second-order valence-corrected chi connectivity index (χ2v) is 8.31. The highest BCUT2D eigenvalue weighted by atomic mass is 32.1. The maximum atomic E-state index is 13.2. The number of thiazole rings is 1. The number of amides is 2. The lowest BCUT2D eigenvalue weighted by molar-refractivity contribution is -0.131. The summed E-state index contributed by atoms with van der Waals surface area (Å²) in [5.74, 6) is -0.352. The third kappa shape index (κ3) is 6.08. The second kappa shape index (κ2) is 9.93. The van der Waals surface area contributed by atoms with Crippen molar-refractivity contribution in [3.63, 3.8) is 0 Å². The number of likely N-dealkylation sites (N-methyl/N-ethyl adjacent to an activating group) is 1. The number of carbonyl (C=O) groups is 2. The average Bonchev–Trinajstić information content (AvgIpc) is 3.30. The van der Waals surface area contributed by atoms with E-state index in [1.807, 2.05) is 12.4 Å². The highest BCUT2D eigenvalue weighted by molar-refractivity contribution is 7.07. The number of halogens is 1. The zero-order valence-corrected chi connectivity index (χ0v) is 17.6. The molecule has 0 saturated carbocycles. The van der Waals surface area contributed by atoms with Crippen molar-refractivity contribution in [3.05, 3.63) is 52.2 Å². The van der Waals surface area contributed by atoms with Crippen LogP contribution in [0.25, 0.3) is 0 Å². The first-order valence-corrected chi connectivity index (χ1v) is 10.7. The first-order chi connectivity index (χ1) is 13.9. The Morgan fingerprint density at radius 3 is 2.86 bits per heavy atom. The molecule has 3 rings (SSSR count). The summed E-state index contributed by atoms with van der Waals surface area (Å²) in [7, 11) is 3.82. The fourth-order valence-corrected chi connectivity index (χ4v) is 4.26. The van der Waals surface area contributed by atoms with Crippen LogP contribution in [0.15, 0.2) is 35.2 Å². The number of hydrogen-bond donors (Lipinski definition) is 1. The lowest BCUT2D eigenvalue weighted by atomic mass is 10.1. The average molecular weight is 419 g/mol. The topological polar surface area (TPSA) is 65.5 Å². The van der Waals surface area contributed by atoms with Gasteiger partial charge in [-0.05, 0) is 37.6 Å². The highest BCUT2D eigenvalue weighted by Crippen LogP contribution is 2.25. The molecule has 1 fully saturated rings. The van der Waals surface area contributed by atoms with Gasteiger partial charge < -0.3 is 10.2 Å². The number of aromatic nitrogens is 1. The van der Waals surface area contributed by atoms with Crippen LogP contribution in [-0.2, 0) is 22.6 Å². The molecule has 6 nitrogen and oxygen atoms in total. The molecule has 2 aromatic rings. The minimum absolute atomic E-state index is 0.102. The summed E-state index contributed by atoms with van der Waals surface area (Å²) >= 11 is 1.53. The molecule has 1 aliphatic heterocycles. The zero-order chi connectivity index (χ0) is 20.8. The highest BCUT2D eigenvalue weighted by Gasteiger charge is 2.32. The van der Waals surface area contributed by atoms with Crippen LogP contribution in [0.2, 0.25) is 0 Å². The third-order valence-electron chi connectivity index (χ3n) is 5.49. The third-order valence-corrected chi connectivity index (χ3v) is 6.13. The van der Waals surface area contributed by atoms with Crippen molar-refractivity contribution in [2.24, 2.45) is 0 Å². The van der Waals surface area contributed by atoms with Gasteiger partial charge in [-0.2, -0.15) is 0 Å². The van der Waals surface area contributed by atoms with Crippen LogP contribution in [0.3, 0.4) is 0 Å². The van der Waals surface area contributed by atoms with Gasteiger partial charge in [0.25, 0.3) is 0 Å². The molecule has 2 heterocycles. The maximum absolute atomic E-state index is 13.2. The number of likely N-dealkylation sites (tertiary alicyclic amines) is 1. The van der Waals surface area contributed by atoms with E-state index in [2.05, 4.69) is 15.2 Å². The lowest BCUT2D eigenvalue weighted by Gasteiger charge is -2.27. The Labute approximate surface area is 174 Å². The fraction of sp³-hybridized carbons (Fsp3) is 0.476. The van der Waals surface area contributed by atoms with Gasteiger partial charge in [-0.25, -0.2) is 9.37 Å². The molecule has 29 heavy (non-hydrogen) atoms. The molecular formula is C21H27FN4O2S. The van der Waals surface area contributed by atoms with Crippen molar-refractivity contribution in [1.82, 2.24) is 20.1 Å². The Balaban J connectivity index is 1.42. The Morgan fingerprint density at radius 1 is 1.34 bits per heavy atom. The molecule has 0 spiro atoms. The fourth-order valence-electron chi connectivity index (χ4n) is 3.71. The van der Waals surface area contributed by atoms with Gasteiger partial charge in [0.1, 0.15) is 5.82 Å². The van der Waals surface area contributed by atoms with Crippen molar-refractivity contribution in [3.8, 4) is 0 Å². The molecule has 0 bridgehead atoms. The largest absolute Gasteiger partial charge is 0.354 e. The van der Waals surface area contributed by atoms with E-state index in [4.69, 9.17) is 0 Å². The molecular weight excluding hydrogens is 391 g/mol. The second-order valence-electron chi connectivity index (χ2n) is 7.59. The quantitative estimate of drug-likeness (QED) is 0.715. The van der Waals surface area contributed by atoms with Crippen LogP contribution in [0.4, 0.5) is 4.39 Å². The summed E-state index contributed by atoms with van der Waals surface area (Å²) in [4.78, 5) is 32.9. The van der Waals surface area contributed by atoms with Crippen molar-refractivity contribution < 1.29 is 14.0 Å². The van der Waals surface area contributed by atoms with Gasteiger partial charge in [0.05, 0.1) is 24.2 Å². The van der Waals surface area contributed by atoms with Gasteiger partial charge in [0.15, 0.2) is 0 Å². The van der Waals surface area contributed by atoms with Crippen LogP contribution in [0.1, 0.15) is 30.5 Å². The van der Waals surface area contributed by atoms with Gasteiger partial charge in [-0.3, -0.25) is 14.5 Å². The van der Waals surface area contributed by atoms with E-state index < -0.39 is 0 Å². The minimum atomic E-state index is -0.335. The summed E-state index contributed by atoms with van der Waals surface area (Å²) in [5.41, 5.74) is 3.34. The van der Waals surface area contributed by atoms with E-state index in [0.717, 1.165) is 18.5 Å². The Morgan fingerprint density at radius 2 is 2.14 bits per heavy atom. The molecule has 156 valence electrons. The number of rotatable bonds is 8. The molecule has 2 atom stereocenters. The first-order valence-electron chi connectivity index (χ1n) is 9.76.